The largest absolute Gasteiger partial charge is 0.573 e. The molecular formula is C46H53BrF6N8O8S2. The van der Waals surface area contributed by atoms with Crippen LogP contribution < -0.4 is 26.8 Å². The number of sulfonamides is 2. The van der Waals surface area contributed by atoms with E-state index in [4.69, 9.17) is 11.5 Å². The molecule has 3 aromatic carbocycles. The SMILES string of the molecule is C=CS(=O)(=O)N1CCC2(CC1)N=C(C1CCCC(OC(F)(F)F)C1)NC2=O.Cc1cc(N)ccc1/C=C/S(=O)(=O)N1CCC2(CC1)N=C(c1cccc(OC(F)(F)F)c1)NC2=O.Cc1cc(N)ccc1Br. The summed E-state index contributed by atoms with van der Waals surface area (Å²) >= 11 is 3.37. The summed E-state index contributed by atoms with van der Waals surface area (Å²) in [5.74, 6) is -0.943. The Bertz CT molecular complexity index is 2810. The normalized spacial score (nSPS) is 21.6. The first-order valence-corrected chi connectivity index (χ1v) is 26.0. The fourth-order valence-electron chi connectivity index (χ4n) is 8.72. The highest BCUT2D eigenvalue weighted by atomic mass is 79.9. The lowest BCUT2D eigenvalue weighted by Gasteiger charge is -2.34. The van der Waals surface area contributed by atoms with Crippen molar-refractivity contribution in [2.45, 2.75) is 95.1 Å². The van der Waals surface area contributed by atoms with E-state index in [1.165, 1.54) is 32.4 Å². The number of carbonyl (C=O) groups excluding carboxylic acids is 2. The minimum absolute atomic E-state index is 0.0643. The number of piperidine rings is 2. The molecule has 4 aliphatic heterocycles. The van der Waals surface area contributed by atoms with Gasteiger partial charge in [-0.2, -0.15) is 8.61 Å². The van der Waals surface area contributed by atoms with Gasteiger partial charge in [0.2, 0.25) is 20.0 Å². The molecule has 8 rings (SSSR count). The van der Waals surface area contributed by atoms with Crippen LogP contribution in [0, 0.1) is 19.8 Å². The number of carbonyl (C=O) groups is 2. The number of hydrogen-bond donors (Lipinski definition) is 4. The fourth-order valence-corrected chi connectivity index (χ4v) is 11.1. The van der Waals surface area contributed by atoms with E-state index in [0.29, 0.717) is 30.8 Å². The van der Waals surface area contributed by atoms with Gasteiger partial charge in [-0.25, -0.2) is 16.8 Å². The summed E-state index contributed by atoms with van der Waals surface area (Å²) in [7, 11) is -7.29. The average molecular weight is 1100 g/mol. The third-order valence-corrected chi connectivity index (χ3v) is 16.5. The van der Waals surface area contributed by atoms with Crippen molar-refractivity contribution in [1.82, 2.24) is 19.2 Å². The summed E-state index contributed by atoms with van der Waals surface area (Å²) < 4.78 is 136. The van der Waals surface area contributed by atoms with Gasteiger partial charge >= 0.3 is 12.7 Å². The lowest BCUT2D eigenvalue weighted by molar-refractivity contribution is -0.345. The molecule has 3 fully saturated rings. The fraction of sp³-hybridized carbons (Fsp3) is 0.435. The van der Waals surface area contributed by atoms with E-state index >= 15 is 0 Å². The van der Waals surface area contributed by atoms with E-state index in [2.05, 4.69) is 52.6 Å². The molecule has 3 aromatic rings. The van der Waals surface area contributed by atoms with Gasteiger partial charge in [-0.1, -0.05) is 47.1 Å². The smallest absolute Gasteiger partial charge is 0.406 e. The molecule has 2 saturated heterocycles. The number of benzene rings is 3. The number of amidine groups is 2. The summed E-state index contributed by atoms with van der Waals surface area (Å²) in [4.78, 5) is 34.3. The van der Waals surface area contributed by atoms with E-state index in [0.717, 1.165) is 44.2 Å². The Morgan fingerprint density at radius 1 is 0.775 bits per heavy atom. The molecule has 5 aliphatic rings. The molecule has 0 aromatic heterocycles. The third kappa shape index (κ3) is 14.2. The summed E-state index contributed by atoms with van der Waals surface area (Å²) in [5.41, 5.74) is 13.4. The van der Waals surface area contributed by atoms with Gasteiger partial charge < -0.3 is 26.8 Å². The van der Waals surface area contributed by atoms with Gasteiger partial charge in [-0.05, 0) is 124 Å². The summed E-state index contributed by atoms with van der Waals surface area (Å²) in [6, 6.07) is 16.1. The number of ether oxygens (including phenoxy) is 2. The maximum absolute atomic E-state index is 12.8. The van der Waals surface area contributed by atoms with Crippen LogP contribution in [0.25, 0.3) is 6.08 Å². The predicted molar refractivity (Wildman–Crippen MR) is 259 cm³/mol. The standard InChI is InChI=1S/C23H23F3N4O4S.C16H22F3N3O4S.C7H8BrN/c1-15-13-18(27)6-5-16(15)7-12-35(32,33)30-10-8-22(9-11-30)21(31)28-20(29-22)17-3-2-4-19(14-17)34-23(24,25)26;1-2-27(24,25)22-8-6-15(7-9-22)14(23)20-13(21-15)11-4-3-5-12(10-11)26-16(17,18)19;1-5-4-6(9)2-3-7(5)8/h2-7,12-14H,8-11,27H2,1H3,(H,28,29,31);2,11-12H,1,3-10H2,(H,20,21,23);2-4H,9H2,1H3/b12-7+;;. The summed E-state index contributed by atoms with van der Waals surface area (Å²) in [5, 5.41) is 7.33. The molecule has 4 heterocycles. The number of amides is 2. The van der Waals surface area contributed by atoms with Crippen molar-refractivity contribution < 1.29 is 62.2 Å². The van der Waals surface area contributed by atoms with Crippen molar-refractivity contribution in [3.8, 4) is 5.75 Å². The number of nitrogens with two attached hydrogens (primary N) is 2. The minimum Gasteiger partial charge on any atom is -0.406 e. The van der Waals surface area contributed by atoms with Crippen molar-refractivity contribution in [2.24, 2.45) is 15.9 Å². The first-order chi connectivity index (χ1) is 33.1. The zero-order chi connectivity index (χ0) is 52.2. The van der Waals surface area contributed by atoms with Gasteiger partial charge in [-0.3, -0.25) is 24.3 Å². The van der Waals surface area contributed by atoms with E-state index in [-0.39, 0.29) is 81.5 Å². The van der Waals surface area contributed by atoms with Crippen molar-refractivity contribution in [2.75, 3.05) is 37.6 Å². The molecule has 0 radical (unpaired) electrons. The molecule has 16 nitrogen and oxygen atoms in total. The number of halogens is 7. The average Bonchev–Trinajstić information content (AvgIpc) is 3.78. The Labute approximate surface area is 415 Å². The maximum atomic E-state index is 12.8. The van der Waals surface area contributed by atoms with Crippen molar-refractivity contribution in [3.05, 3.63) is 105 Å². The first-order valence-electron chi connectivity index (χ1n) is 22.2. The van der Waals surface area contributed by atoms with Gasteiger partial charge in [0.1, 0.15) is 28.5 Å². The molecule has 1 saturated carbocycles. The van der Waals surface area contributed by atoms with Gasteiger partial charge in [0, 0.05) is 64.3 Å². The maximum Gasteiger partial charge on any atom is 0.573 e. The highest BCUT2D eigenvalue weighted by Crippen LogP contribution is 2.38. The van der Waals surface area contributed by atoms with Gasteiger partial charge in [-0.15, -0.1) is 26.3 Å². The zero-order valence-corrected chi connectivity index (χ0v) is 41.7. The molecule has 2 amide bonds. The van der Waals surface area contributed by atoms with Crippen LogP contribution in [0.5, 0.6) is 5.75 Å². The third-order valence-electron chi connectivity index (χ3n) is 12.6. The number of alkyl halides is 6. The quantitative estimate of drug-likeness (QED) is 0.122. The minimum atomic E-state index is -4.85. The van der Waals surface area contributed by atoms with E-state index in [1.54, 1.807) is 18.2 Å². The monoisotopic (exact) mass is 1100 g/mol. The Balaban J connectivity index is 0.000000202. The number of anilines is 2. The van der Waals surface area contributed by atoms with Crippen LogP contribution in [-0.4, -0.2) is 105 Å². The topological polar surface area (TPSA) is 228 Å². The molecule has 71 heavy (non-hydrogen) atoms. The Morgan fingerprint density at radius 2 is 1.35 bits per heavy atom. The number of aryl methyl sites for hydroxylation is 2. The van der Waals surface area contributed by atoms with Gasteiger partial charge in [0.05, 0.1) is 6.10 Å². The van der Waals surface area contributed by atoms with E-state index in [9.17, 15) is 52.8 Å². The highest BCUT2D eigenvalue weighted by molar-refractivity contribution is 9.10. The van der Waals surface area contributed by atoms with Crippen LogP contribution in [0.4, 0.5) is 37.7 Å². The summed E-state index contributed by atoms with van der Waals surface area (Å²) in [6.45, 7) is 7.54. The molecule has 0 bridgehead atoms. The Hall–Kier alpha value is -5.34. The van der Waals surface area contributed by atoms with Crippen molar-refractivity contribution in [3.63, 3.8) is 0 Å². The second-order valence-corrected chi connectivity index (χ2v) is 22.1. The predicted octanol–water partition coefficient (Wildman–Crippen LogP) is 7.45. The number of rotatable bonds is 9. The van der Waals surface area contributed by atoms with Crippen LogP contribution >= 0.6 is 15.9 Å². The number of hydrogen-bond acceptors (Lipinski definition) is 12. The van der Waals surface area contributed by atoms with Crippen LogP contribution in [0.3, 0.4) is 0 Å². The first kappa shape index (κ1) is 55.0. The molecule has 2 unspecified atom stereocenters. The second-order valence-electron chi connectivity index (χ2n) is 17.5. The Morgan fingerprint density at radius 3 is 1.92 bits per heavy atom. The lowest BCUT2D eigenvalue weighted by atomic mass is 9.86. The number of nitrogen functional groups attached to an aromatic ring is 2. The lowest BCUT2D eigenvalue weighted by Crippen LogP contribution is -2.50. The van der Waals surface area contributed by atoms with Crippen LogP contribution in [0.2, 0.25) is 0 Å². The number of aliphatic imine (C=N–C) groups is 2. The van der Waals surface area contributed by atoms with Crippen LogP contribution in [-0.2, 0) is 34.4 Å². The van der Waals surface area contributed by atoms with Crippen molar-refractivity contribution >= 4 is 76.9 Å². The zero-order valence-electron chi connectivity index (χ0n) is 38.5. The Kier molecular flexibility index (Phi) is 16.9. The van der Waals surface area contributed by atoms with Crippen molar-refractivity contribution in [1.29, 1.82) is 0 Å². The molecule has 2 spiro atoms. The molecular weight excluding hydrogens is 1050 g/mol. The second kappa shape index (κ2) is 21.8. The molecule has 386 valence electrons. The van der Waals surface area contributed by atoms with Crippen LogP contribution in [0.1, 0.15) is 73.6 Å². The molecule has 25 heteroatoms. The highest BCUT2D eigenvalue weighted by Gasteiger charge is 2.50. The molecule has 2 atom stereocenters. The number of nitrogens with zero attached hydrogens (tertiary/aromatic N) is 4. The number of nitrogens with one attached hydrogen (secondary N) is 2. The van der Waals surface area contributed by atoms with Crippen LogP contribution in [0.15, 0.2) is 92.5 Å². The molecule has 6 N–H and O–H groups in total. The van der Waals surface area contributed by atoms with Gasteiger partial charge in [0.15, 0.2) is 0 Å². The molecule has 1 aliphatic carbocycles. The van der Waals surface area contributed by atoms with Gasteiger partial charge in [0.25, 0.3) is 11.8 Å². The van der Waals surface area contributed by atoms with E-state index in [1.807, 2.05) is 32.0 Å². The summed E-state index contributed by atoms with van der Waals surface area (Å²) in [6.07, 6.45) is -6.61. The van der Waals surface area contributed by atoms with E-state index < -0.39 is 61.6 Å².